The Balaban J connectivity index is 1.90. The lowest BCUT2D eigenvalue weighted by molar-refractivity contribution is 0.0444. The van der Waals surface area contributed by atoms with Gasteiger partial charge in [0, 0.05) is 27.9 Å². The predicted molar refractivity (Wildman–Crippen MR) is 147 cm³/mol. The highest BCUT2D eigenvalue weighted by atomic mass is 16.5. The number of carbonyl (C=O) groups is 1. The first-order valence-corrected chi connectivity index (χ1v) is 12.9. The maximum absolute atomic E-state index is 13.3. The normalized spacial score (nSPS) is 12.8. The highest BCUT2D eigenvalue weighted by Crippen LogP contribution is 2.33. The van der Waals surface area contributed by atoms with E-state index in [4.69, 9.17) is 4.74 Å². The van der Waals surface area contributed by atoms with E-state index in [9.17, 15) is 4.79 Å². The Morgan fingerprint density at radius 2 is 1.94 bits per heavy atom. The highest BCUT2D eigenvalue weighted by Gasteiger charge is 2.19. The summed E-state index contributed by atoms with van der Waals surface area (Å²) < 4.78 is 5.82. The van der Waals surface area contributed by atoms with Crippen molar-refractivity contribution in [2.45, 2.75) is 67.2 Å². The van der Waals surface area contributed by atoms with E-state index >= 15 is 0 Å². The van der Waals surface area contributed by atoms with Gasteiger partial charge in [0.15, 0.2) is 0 Å². The van der Waals surface area contributed by atoms with Gasteiger partial charge in [-0.25, -0.2) is 4.79 Å². The second-order valence-corrected chi connectivity index (χ2v) is 10.0. The molecule has 0 amide bonds. The van der Waals surface area contributed by atoms with Crippen molar-refractivity contribution in [2.24, 2.45) is 11.8 Å². The molecule has 0 saturated heterocycles. The molecule has 0 spiro atoms. The number of nitrogens with zero attached hydrogens (tertiary/aromatic N) is 1. The molecule has 2 aromatic heterocycles. The van der Waals surface area contributed by atoms with Crippen molar-refractivity contribution in [1.82, 2.24) is 9.97 Å². The predicted octanol–water partition coefficient (Wildman–Crippen LogP) is 8.17. The lowest BCUT2D eigenvalue weighted by Crippen LogP contribution is -2.13. The van der Waals surface area contributed by atoms with E-state index in [1.165, 1.54) is 6.42 Å². The van der Waals surface area contributed by atoms with Crippen LogP contribution in [-0.2, 0) is 11.2 Å². The number of rotatable bonds is 11. The van der Waals surface area contributed by atoms with Gasteiger partial charge in [-0.3, -0.25) is 4.98 Å². The summed E-state index contributed by atoms with van der Waals surface area (Å²) in [7, 11) is 0. The SMILES string of the molecule is C=C(/C(=C\C)c1cc(C(=O)OCC(C)CCCC(C)C)c2cc(CC)[nH]c2c1)c1cccc(C)n1. The van der Waals surface area contributed by atoms with Crippen LogP contribution < -0.4 is 0 Å². The first-order chi connectivity index (χ1) is 16.7. The number of aromatic amines is 1. The maximum atomic E-state index is 13.3. The Labute approximate surface area is 210 Å². The van der Waals surface area contributed by atoms with E-state index in [1.54, 1.807) is 0 Å². The Hall–Kier alpha value is -3.14. The quantitative estimate of drug-likeness (QED) is 0.226. The Kier molecular flexibility index (Phi) is 9.08. The molecule has 0 saturated carbocycles. The third-order valence-corrected chi connectivity index (χ3v) is 6.49. The van der Waals surface area contributed by atoms with Crippen molar-refractivity contribution in [3.05, 3.63) is 77.3 Å². The third-order valence-electron chi connectivity index (χ3n) is 6.49. The van der Waals surface area contributed by atoms with Gasteiger partial charge in [0.2, 0.25) is 0 Å². The van der Waals surface area contributed by atoms with E-state index in [0.717, 1.165) is 64.0 Å². The average molecular weight is 473 g/mol. The van der Waals surface area contributed by atoms with Crippen LogP contribution in [0.15, 0.2) is 49.1 Å². The van der Waals surface area contributed by atoms with E-state index in [-0.39, 0.29) is 5.97 Å². The molecule has 2 heterocycles. The van der Waals surface area contributed by atoms with Gasteiger partial charge in [-0.2, -0.15) is 0 Å². The zero-order chi connectivity index (χ0) is 25.5. The van der Waals surface area contributed by atoms with Gasteiger partial charge in [-0.05, 0) is 80.0 Å². The van der Waals surface area contributed by atoms with Crippen molar-refractivity contribution >= 4 is 28.0 Å². The van der Waals surface area contributed by atoms with Crippen molar-refractivity contribution in [1.29, 1.82) is 0 Å². The third kappa shape index (κ3) is 6.72. The van der Waals surface area contributed by atoms with Crippen molar-refractivity contribution in [2.75, 3.05) is 6.61 Å². The lowest BCUT2D eigenvalue weighted by atomic mass is 9.93. The lowest BCUT2D eigenvalue weighted by Gasteiger charge is -2.15. The molecule has 35 heavy (non-hydrogen) atoms. The van der Waals surface area contributed by atoms with Crippen molar-refractivity contribution in [3.8, 4) is 0 Å². The number of hydrogen-bond acceptors (Lipinski definition) is 3. The monoisotopic (exact) mass is 472 g/mol. The second kappa shape index (κ2) is 12.0. The number of carbonyl (C=O) groups excluding carboxylic acids is 1. The van der Waals surface area contributed by atoms with Crippen LogP contribution in [-0.4, -0.2) is 22.5 Å². The van der Waals surface area contributed by atoms with Gasteiger partial charge in [0.25, 0.3) is 0 Å². The number of pyridine rings is 1. The number of hydrogen-bond donors (Lipinski definition) is 1. The first-order valence-electron chi connectivity index (χ1n) is 12.9. The Morgan fingerprint density at radius 3 is 2.60 bits per heavy atom. The molecule has 3 rings (SSSR count). The minimum atomic E-state index is -0.274. The summed E-state index contributed by atoms with van der Waals surface area (Å²) in [6, 6.07) is 12.0. The van der Waals surface area contributed by atoms with Crippen molar-refractivity contribution < 1.29 is 9.53 Å². The number of esters is 1. The number of nitrogens with one attached hydrogen (secondary N) is 1. The zero-order valence-corrected chi connectivity index (χ0v) is 22.2. The number of benzene rings is 1. The molecule has 4 heteroatoms. The highest BCUT2D eigenvalue weighted by molar-refractivity contribution is 6.09. The van der Waals surface area contributed by atoms with Crippen LogP contribution >= 0.6 is 0 Å². The smallest absolute Gasteiger partial charge is 0.338 e. The summed E-state index contributed by atoms with van der Waals surface area (Å²) in [6.45, 7) is 17.5. The van der Waals surface area contributed by atoms with Crippen LogP contribution in [0.1, 0.15) is 86.9 Å². The molecule has 0 bridgehead atoms. The van der Waals surface area contributed by atoms with Gasteiger partial charge in [-0.1, -0.05) is 59.3 Å². The Morgan fingerprint density at radius 1 is 1.17 bits per heavy atom. The first kappa shape index (κ1) is 26.5. The van der Waals surface area contributed by atoms with E-state index in [0.29, 0.717) is 24.0 Å². The summed E-state index contributed by atoms with van der Waals surface area (Å²) in [5.74, 6) is 0.767. The number of aryl methyl sites for hydroxylation is 2. The molecule has 0 aliphatic carbocycles. The molecule has 1 unspecified atom stereocenters. The standard InChI is InChI=1S/C31H40N2O2/c1-8-25-18-27-28(31(34)35-19-21(5)13-10-12-20(3)4)16-24(17-30(27)33-25)26(9-2)23(7)29-15-11-14-22(6)32-29/h9,11,14-18,20-21,33H,7-8,10,12-13,19H2,1-6H3/b26-9+. The molecule has 186 valence electrons. The Bertz CT molecular complexity index is 1220. The summed E-state index contributed by atoms with van der Waals surface area (Å²) in [5, 5.41) is 0.901. The number of allylic oxidation sites excluding steroid dienone is 3. The largest absolute Gasteiger partial charge is 0.462 e. The molecule has 0 aliphatic heterocycles. The molecule has 0 fully saturated rings. The minimum Gasteiger partial charge on any atom is -0.462 e. The molecule has 0 aliphatic rings. The molecule has 3 aromatic rings. The summed E-state index contributed by atoms with van der Waals surface area (Å²) in [4.78, 5) is 21.4. The fourth-order valence-corrected chi connectivity index (χ4v) is 4.43. The van der Waals surface area contributed by atoms with Gasteiger partial charge < -0.3 is 9.72 Å². The van der Waals surface area contributed by atoms with Gasteiger partial charge >= 0.3 is 5.97 Å². The fraction of sp³-hybridized carbons (Fsp3) is 0.419. The van der Waals surface area contributed by atoms with Crippen LogP contribution in [0.5, 0.6) is 0 Å². The zero-order valence-electron chi connectivity index (χ0n) is 22.2. The molecular formula is C31H40N2O2. The van der Waals surface area contributed by atoms with Gasteiger partial charge in [0.1, 0.15) is 0 Å². The second-order valence-electron chi connectivity index (χ2n) is 10.0. The maximum Gasteiger partial charge on any atom is 0.338 e. The van der Waals surface area contributed by atoms with Crippen molar-refractivity contribution in [3.63, 3.8) is 0 Å². The number of aromatic nitrogens is 2. The average Bonchev–Trinajstić information content (AvgIpc) is 3.25. The molecule has 4 nitrogen and oxygen atoms in total. The van der Waals surface area contributed by atoms with Crippen LogP contribution in [0.4, 0.5) is 0 Å². The molecule has 1 N–H and O–H groups in total. The topological polar surface area (TPSA) is 55.0 Å². The molecule has 0 radical (unpaired) electrons. The summed E-state index contributed by atoms with van der Waals surface area (Å²) >= 11 is 0. The van der Waals surface area contributed by atoms with Crippen LogP contribution in [0.25, 0.3) is 22.0 Å². The van der Waals surface area contributed by atoms with Gasteiger partial charge in [-0.15, -0.1) is 0 Å². The van der Waals surface area contributed by atoms with Crippen LogP contribution in [0.3, 0.4) is 0 Å². The summed E-state index contributed by atoms with van der Waals surface area (Å²) in [5.41, 5.74) is 7.10. The number of ether oxygens (including phenoxy) is 1. The number of H-pyrrole nitrogens is 1. The fourth-order valence-electron chi connectivity index (χ4n) is 4.43. The molecular weight excluding hydrogens is 432 g/mol. The molecule has 1 aromatic carbocycles. The van der Waals surface area contributed by atoms with E-state index in [2.05, 4.69) is 56.4 Å². The van der Waals surface area contributed by atoms with Gasteiger partial charge in [0.05, 0.1) is 17.9 Å². The number of fused-ring (bicyclic) bond motifs is 1. The van der Waals surface area contributed by atoms with Crippen LogP contribution in [0.2, 0.25) is 0 Å². The van der Waals surface area contributed by atoms with Crippen LogP contribution in [0, 0.1) is 18.8 Å². The summed E-state index contributed by atoms with van der Waals surface area (Å²) in [6.07, 6.45) is 6.32. The van der Waals surface area contributed by atoms with E-state index < -0.39 is 0 Å². The van der Waals surface area contributed by atoms with E-state index in [1.807, 2.05) is 44.2 Å². The molecule has 1 atom stereocenters. The minimum absolute atomic E-state index is 0.274.